The van der Waals surface area contributed by atoms with E-state index in [1.165, 1.54) is 0 Å². The highest BCUT2D eigenvalue weighted by Gasteiger charge is 2.44. The third-order valence-electron chi connectivity index (χ3n) is 2.40. The number of nitrogens with one attached hydrogen (secondary N) is 1. The molecule has 1 fully saturated rings. The first-order chi connectivity index (χ1) is 7.61. The summed E-state index contributed by atoms with van der Waals surface area (Å²) in [4.78, 5) is 4.98. The molecule has 1 saturated heterocycles. The first kappa shape index (κ1) is 13.8. The average Bonchev–Trinajstić information content (AvgIpc) is 2.29. The van der Waals surface area contributed by atoms with Crippen LogP contribution < -0.4 is 5.48 Å². The van der Waals surface area contributed by atoms with E-state index in [0.717, 1.165) is 6.42 Å². The molecule has 0 aromatic rings. The van der Waals surface area contributed by atoms with Crippen LogP contribution in [0.4, 0.5) is 0 Å². The fraction of sp³-hybridized carbons (Fsp3) is 1.00. The van der Waals surface area contributed by atoms with E-state index in [1.807, 2.05) is 6.92 Å². The van der Waals surface area contributed by atoms with Crippen molar-refractivity contribution in [1.29, 1.82) is 0 Å². The van der Waals surface area contributed by atoms with Crippen LogP contribution in [0.1, 0.15) is 13.3 Å². The quantitative estimate of drug-likeness (QED) is 0.270. The predicted octanol–water partition coefficient (Wildman–Crippen LogP) is -2.28. The van der Waals surface area contributed by atoms with Crippen LogP contribution in [0, 0.1) is 0 Å². The molecule has 0 aromatic carbocycles. The van der Waals surface area contributed by atoms with Crippen molar-refractivity contribution in [2.75, 3.05) is 13.2 Å². The van der Waals surface area contributed by atoms with E-state index in [2.05, 4.69) is 5.48 Å². The van der Waals surface area contributed by atoms with Crippen LogP contribution in [0.15, 0.2) is 0 Å². The zero-order valence-corrected chi connectivity index (χ0v) is 9.11. The second-order valence-electron chi connectivity index (χ2n) is 3.71. The molecule has 0 aromatic heterocycles. The zero-order chi connectivity index (χ0) is 12.1. The number of hydrogen-bond donors (Lipinski definition) is 5. The van der Waals surface area contributed by atoms with E-state index in [4.69, 9.17) is 14.7 Å². The Balaban J connectivity index is 2.50. The molecule has 1 heterocycles. The van der Waals surface area contributed by atoms with Crippen molar-refractivity contribution in [1.82, 2.24) is 5.48 Å². The molecule has 0 amide bonds. The Morgan fingerprint density at radius 2 is 1.88 bits per heavy atom. The number of hydroxylamine groups is 1. The highest BCUT2D eigenvalue weighted by molar-refractivity contribution is 4.88. The summed E-state index contributed by atoms with van der Waals surface area (Å²) in [5.41, 5.74) is 2.56. The van der Waals surface area contributed by atoms with Gasteiger partial charge >= 0.3 is 0 Å². The summed E-state index contributed by atoms with van der Waals surface area (Å²) >= 11 is 0. The van der Waals surface area contributed by atoms with Gasteiger partial charge < -0.3 is 25.2 Å². The predicted molar refractivity (Wildman–Crippen MR) is 53.1 cm³/mol. The first-order valence-corrected chi connectivity index (χ1v) is 5.30. The normalized spacial score (nSPS) is 39.9. The lowest BCUT2D eigenvalue weighted by Gasteiger charge is -2.39. The Bertz CT molecular complexity index is 202. The molecule has 96 valence electrons. The zero-order valence-electron chi connectivity index (χ0n) is 9.11. The Morgan fingerprint density at radius 3 is 2.44 bits per heavy atom. The number of rotatable bonds is 5. The van der Waals surface area contributed by atoms with Gasteiger partial charge in [0.05, 0.1) is 6.61 Å². The SMILES string of the molecule is CCCNOC1O[C@H](CO)[C@@H](O)[C@H](O)[C@H]1O. The molecule has 16 heavy (non-hydrogen) atoms. The fourth-order valence-corrected chi connectivity index (χ4v) is 1.41. The van der Waals surface area contributed by atoms with Crippen molar-refractivity contribution in [2.24, 2.45) is 0 Å². The summed E-state index contributed by atoms with van der Waals surface area (Å²) < 4.78 is 5.08. The topological polar surface area (TPSA) is 111 Å². The molecule has 1 aliphatic rings. The largest absolute Gasteiger partial charge is 0.394 e. The highest BCUT2D eigenvalue weighted by Crippen LogP contribution is 2.21. The van der Waals surface area contributed by atoms with E-state index in [-0.39, 0.29) is 0 Å². The first-order valence-electron chi connectivity index (χ1n) is 5.30. The molecule has 0 bridgehead atoms. The summed E-state index contributed by atoms with van der Waals surface area (Å²) in [6.45, 7) is 2.04. The summed E-state index contributed by atoms with van der Waals surface area (Å²) in [5.74, 6) is 0. The van der Waals surface area contributed by atoms with Crippen molar-refractivity contribution < 1.29 is 30.0 Å². The van der Waals surface area contributed by atoms with E-state index in [1.54, 1.807) is 0 Å². The maximum Gasteiger partial charge on any atom is 0.206 e. The van der Waals surface area contributed by atoms with Crippen molar-refractivity contribution in [3.63, 3.8) is 0 Å². The van der Waals surface area contributed by atoms with Crippen LogP contribution >= 0.6 is 0 Å². The van der Waals surface area contributed by atoms with Crippen LogP contribution in [0.25, 0.3) is 0 Å². The Labute approximate surface area is 93.6 Å². The Morgan fingerprint density at radius 1 is 1.19 bits per heavy atom. The minimum atomic E-state index is -1.40. The molecule has 7 nitrogen and oxygen atoms in total. The summed E-state index contributed by atoms with van der Waals surface area (Å²) in [5, 5.41) is 37.3. The second-order valence-corrected chi connectivity index (χ2v) is 3.71. The molecule has 5 N–H and O–H groups in total. The lowest BCUT2D eigenvalue weighted by atomic mass is 9.99. The third kappa shape index (κ3) is 3.11. The van der Waals surface area contributed by atoms with Crippen LogP contribution in [0.5, 0.6) is 0 Å². The number of aliphatic hydroxyl groups excluding tert-OH is 4. The Kier molecular flexibility index (Phi) is 5.56. The van der Waals surface area contributed by atoms with Gasteiger partial charge in [0, 0.05) is 6.54 Å². The van der Waals surface area contributed by atoms with E-state index < -0.39 is 37.3 Å². The van der Waals surface area contributed by atoms with E-state index in [0.29, 0.717) is 6.54 Å². The van der Waals surface area contributed by atoms with Crippen LogP contribution in [0.3, 0.4) is 0 Å². The van der Waals surface area contributed by atoms with Gasteiger partial charge in [0.2, 0.25) is 6.29 Å². The van der Waals surface area contributed by atoms with Crippen LogP contribution in [0.2, 0.25) is 0 Å². The standard InChI is InChI=1S/C9H19NO6/c1-2-3-10-16-9-8(14)7(13)6(12)5(4-11)15-9/h5-14H,2-4H2,1H3/t5-,6-,7+,8-,9?/m1/s1. The fourth-order valence-electron chi connectivity index (χ4n) is 1.41. The van der Waals surface area contributed by atoms with Gasteiger partial charge in [0.25, 0.3) is 0 Å². The molecule has 0 spiro atoms. The van der Waals surface area contributed by atoms with E-state index >= 15 is 0 Å². The summed E-state index contributed by atoms with van der Waals surface area (Å²) in [6, 6.07) is 0. The second kappa shape index (κ2) is 6.45. The molecule has 1 unspecified atom stereocenters. The Hall–Kier alpha value is -0.280. The maximum atomic E-state index is 9.54. The van der Waals surface area contributed by atoms with Crippen molar-refractivity contribution in [3.05, 3.63) is 0 Å². The molecule has 0 saturated carbocycles. The monoisotopic (exact) mass is 237 g/mol. The van der Waals surface area contributed by atoms with Crippen molar-refractivity contribution >= 4 is 0 Å². The average molecular weight is 237 g/mol. The number of hydrogen-bond acceptors (Lipinski definition) is 7. The van der Waals surface area contributed by atoms with Gasteiger partial charge in [-0.2, -0.15) is 5.48 Å². The van der Waals surface area contributed by atoms with Crippen molar-refractivity contribution in [2.45, 2.75) is 44.1 Å². The molecule has 7 heteroatoms. The van der Waals surface area contributed by atoms with Gasteiger partial charge in [-0.3, -0.25) is 4.84 Å². The van der Waals surface area contributed by atoms with Gasteiger partial charge in [-0.25, -0.2) is 0 Å². The summed E-state index contributed by atoms with van der Waals surface area (Å²) in [7, 11) is 0. The van der Waals surface area contributed by atoms with Gasteiger partial charge in [-0.15, -0.1) is 0 Å². The van der Waals surface area contributed by atoms with Crippen molar-refractivity contribution in [3.8, 4) is 0 Å². The molecule has 0 aliphatic carbocycles. The molecule has 1 aliphatic heterocycles. The molecular weight excluding hydrogens is 218 g/mol. The minimum Gasteiger partial charge on any atom is -0.394 e. The van der Waals surface area contributed by atoms with Crippen LogP contribution in [-0.2, 0) is 9.57 Å². The van der Waals surface area contributed by atoms with Gasteiger partial charge in [0.15, 0.2) is 0 Å². The minimum absolute atomic E-state index is 0.460. The third-order valence-corrected chi connectivity index (χ3v) is 2.40. The number of aliphatic hydroxyl groups is 4. The van der Waals surface area contributed by atoms with Gasteiger partial charge in [-0.05, 0) is 6.42 Å². The molecule has 5 atom stereocenters. The summed E-state index contributed by atoms with van der Waals surface area (Å²) in [6.07, 6.45) is -5.33. The van der Waals surface area contributed by atoms with Crippen LogP contribution in [-0.4, -0.2) is 64.3 Å². The molecule has 1 rings (SSSR count). The lowest BCUT2D eigenvalue weighted by Crippen LogP contribution is -2.60. The lowest BCUT2D eigenvalue weighted by molar-refractivity contribution is -0.315. The van der Waals surface area contributed by atoms with Gasteiger partial charge in [0.1, 0.15) is 24.4 Å². The van der Waals surface area contributed by atoms with Gasteiger partial charge in [-0.1, -0.05) is 6.92 Å². The number of ether oxygens (including phenoxy) is 1. The molecule has 0 radical (unpaired) electrons. The molecular formula is C9H19NO6. The highest BCUT2D eigenvalue weighted by atomic mass is 16.8. The maximum absolute atomic E-state index is 9.54. The smallest absolute Gasteiger partial charge is 0.206 e. The van der Waals surface area contributed by atoms with E-state index in [9.17, 15) is 15.3 Å².